The van der Waals surface area contributed by atoms with Gasteiger partial charge >= 0.3 is 6.01 Å². The Morgan fingerprint density at radius 2 is 1.95 bits per heavy atom. The zero-order chi connectivity index (χ0) is 31.1. The van der Waals surface area contributed by atoms with Gasteiger partial charge in [-0.05, 0) is 43.9 Å². The highest BCUT2D eigenvalue weighted by Gasteiger charge is 2.31. The number of anilines is 1. The molecule has 1 saturated heterocycles. The highest BCUT2D eigenvalue weighted by Crippen LogP contribution is 2.38. The lowest BCUT2D eigenvalue weighted by molar-refractivity contribution is -0.124. The van der Waals surface area contributed by atoms with Gasteiger partial charge in [-0.1, -0.05) is 35.9 Å². The van der Waals surface area contributed by atoms with Gasteiger partial charge in [0.05, 0.1) is 23.2 Å². The van der Waals surface area contributed by atoms with Crippen molar-refractivity contribution in [1.29, 1.82) is 0 Å². The molecule has 6 rings (SSSR count). The minimum Gasteiger partial charge on any atom is -0.467 e. The van der Waals surface area contributed by atoms with E-state index in [0.29, 0.717) is 58.6 Å². The number of aromatic nitrogens is 5. The van der Waals surface area contributed by atoms with Gasteiger partial charge < -0.3 is 14.5 Å². The largest absolute Gasteiger partial charge is 0.467 e. The number of nitrogens with zero attached hydrogens (tertiary/aromatic N) is 7. The Kier molecular flexibility index (Phi) is 7.81. The van der Waals surface area contributed by atoms with Crippen molar-refractivity contribution in [2.75, 3.05) is 32.1 Å². The first kappa shape index (κ1) is 29.3. The number of methoxy groups -OCH3 is 1. The van der Waals surface area contributed by atoms with Crippen LogP contribution in [0.15, 0.2) is 48.7 Å². The van der Waals surface area contributed by atoms with Crippen LogP contribution in [0.4, 0.5) is 14.6 Å². The number of aryl methyl sites for hydroxylation is 2. The Hall–Kier alpha value is -4.77. The first-order valence-electron chi connectivity index (χ1n) is 13.9. The summed E-state index contributed by atoms with van der Waals surface area (Å²) in [7, 11) is 3.24. The smallest absolute Gasteiger partial charge is 0.318 e. The average molecular weight is 616 g/mol. The van der Waals surface area contributed by atoms with Crippen LogP contribution in [0.1, 0.15) is 23.6 Å². The predicted octanol–water partition coefficient (Wildman–Crippen LogP) is 5.94. The zero-order valence-electron chi connectivity index (χ0n) is 24.5. The van der Waals surface area contributed by atoms with Crippen LogP contribution < -0.4 is 9.64 Å². The van der Waals surface area contributed by atoms with Gasteiger partial charge in [-0.2, -0.15) is 9.97 Å². The van der Waals surface area contributed by atoms with E-state index in [-0.39, 0.29) is 34.2 Å². The van der Waals surface area contributed by atoms with E-state index in [1.165, 1.54) is 25.4 Å². The second-order valence-corrected chi connectivity index (χ2v) is 11.0. The van der Waals surface area contributed by atoms with Crippen molar-refractivity contribution >= 4 is 51.1 Å². The maximum atomic E-state index is 16.3. The average Bonchev–Trinajstić information content (AvgIpc) is 3.51. The van der Waals surface area contributed by atoms with Gasteiger partial charge in [-0.25, -0.2) is 18.7 Å². The van der Waals surface area contributed by atoms with Crippen molar-refractivity contribution in [3.05, 3.63) is 82.5 Å². The molecule has 0 spiro atoms. The molecule has 224 valence electrons. The highest BCUT2D eigenvalue weighted by atomic mass is 35.5. The summed E-state index contributed by atoms with van der Waals surface area (Å²) in [6.45, 7) is 4.66. The number of pyridine rings is 1. The first-order valence-corrected chi connectivity index (χ1v) is 14.3. The van der Waals surface area contributed by atoms with Crippen molar-refractivity contribution in [2.45, 2.75) is 26.3 Å². The third kappa shape index (κ3) is 5.39. The number of ether oxygens (including phenoxy) is 1. The van der Waals surface area contributed by atoms with Crippen LogP contribution in [-0.2, 0) is 4.79 Å². The summed E-state index contributed by atoms with van der Waals surface area (Å²) in [5.74, 6) is -0.412. The van der Waals surface area contributed by atoms with Gasteiger partial charge in [0.25, 0.3) is 0 Å². The summed E-state index contributed by atoms with van der Waals surface area (Å²) >= 11 is 6.32. The second-order valence-electron chi connectivity index (χ2n) is 10.6. The lowest BCUT2D eigenvalue weighted by atomic mass is 10.0. The Labute approximate surface area is 257 Å². The number of hydrogen-bond donors (Lipinski definition) is 0. The molecule has 3 aromatic heterocycles. The van der Waals surface area contributed by atoms with Crippen LogP contribution in [-0.4, -0.2) is 69.0 Å². The normalized spacial score (nSPS) is 15.1. The molecule has 0 N–H and O–H groups in total. The minimum atomic E-state index is -0.714. The number of amides is 1. The molecule has 0 bridgehead atoms. The van der Waals surface area contributed by atoms with Crippen molar-refractivity contribution < 1.29 is 18.3 Å². The van der Waals surface area contributed by atoms with E-state index < -0.39 is 11.6 Å². The lowest BCUT2D eigenvalue weighted by Gasteiger charge is -2.27. The van der Waals surface area contributed by atoms with Gasteiger partial charge in [0.1, 0.15) is 28.7 Å². The molecular weight excluding hydrogens is 588 g/mol. The molecule has 0 radical (unpaired) electrons. The van der Waals surface area contributed by atoms with Crippen LogP contribution in [0, 0.1) is 25.5 Å². The highest BCUT2D eigenvalue weighted by molar-refractivity contribution is 6.36. The Bertz CT molecular complexity index is 1950. The molecule has 1 unspecified atom stereocenters. The molecule has 1 aliphatic heterocycles. The van der Waals surface area contributed by atoms with E-state index in [1.54, 1.807) is 35.2 Å². The maximum absolute atomic E-state index is 16.3. The molecule has 9 nitrogen and oxygen atoms in total. The topological polar surface area (TPSA) is 97.2 Å². The van der Waals surface area contributed by atoms with Crippen molar-refractivity contribution in [3.63, 3.8) is 0 Å². The van der Waals surface area contributed by atoms with E-state index >= 15 is 4.39 Å². The number of fused-ring (bicyclic) bond motifs is 2. The molecule has 1 amide bonds. The monoisotopic (exact) mass is 615 g/mol. The van der Waals surface area contributed by atoms with E-state index in [0.717, 1.165) is 5.69 Å². The van der Waals surface area contributed by atoms with Gasteiger partial charge in [0.15, 0.2) is 5.82 Å². The second kappa shape index (κ2) is 11.7. The predicted molar refractivity (Wildman–Crippen MR) is 166 cm³/mol. The van der Waals surface area contributed by atoms with Gasteiger partial charge in [0.2, 0.25) is 5.91 Å². The Balaban J connectivity index is 1.32. The SMILES string of the molecule is COc1nc(N(C)C2CCN(C(=O)/C=C/c3cc(C)nc(C)n3)C2)c2cnc(-c3cccc4ccc(F)c(Cl)c34)c(F)c2n1. The molecule has 1 fully saturated rings. The van der Waals surface area contributed by atoms with Crippen LogP contribution in [0.25, 0.3) is 39.0 Å². The van der Waals surface area contributed by atoms with Crippen LogP contribution in [0.5, 0.6) is 6.01 Å². The molecule has 0 saturated carbocycles. The number of hydrogen-bond acceptors (Lipinski definition) is 8. The molecular formula is C32H28ClF2N7O2. The molecule has 1 atom stereocenters. The summed E-state index contributed by atoms with van der Waals surface area (Å²) in [6, 6.07) is 9.68. The van der Waals surface area contributed by atoms with Gasteiger partial charge in [-0.15, -0.1) is 0 Å². The molecule has 2 aromatic carbocycles. The first-order chi connectivity index (χ1) is 21.1. The summed E-state index contributed by atoms with van der Waals surface area (Å²) in [5.41, 5.74) is 1.80. The molecule has 5 aromatic rings. The molecule has 0 aliphatic carbocycles. The Morgan fingerprint density at radius 1 is 1.14 bits per heavy atom. The number of rotatable bonds is 6. The summed E-state index contributed by atoms with van der Waals surface area (Å²) in [5, 5.41) is 1.25. The standard InChI is InChI=1S/C32H28ClF2N7O2/c1-17-14-20(38-18(2)37-17)9-11-25(43)42-13-12-21(16-42)41(3)31-23-15-36-29(28(35)30(23)39-32(40-31)44-4)22-7-5-6-19-8-10-24(34)27(33)26(19)22/h5-11,14-15,21H,12-13,16H2,1-4H3/b11-9+. The van der Waals surface area contributed by atoms with Gasteiger partial charge in [0, 0.05) is 55.1 Å². The number of likely N-dealkylation sites (tertiary alicyclic amines) is 1. The van der Waals surface area contributed by atoms with Crippen molar-refractivity contribution in [2.24, 2.45) is 0 Å². The summed E-state index contributed by atoms with van der Waals surface area (Å²) in [6.07, 6.45) is 5.37. The summed E-state index contributed by atoms with van der Waals surface area (Å²) in [4.78, 5) is 38.5. The van der Waals surface area contributed by atoms with E-state index in [2.05, 4.69) is 24.9 Å². The number of benzene rings is 2. The number of carbonyl (C=O) groups excluding carboxylic acids is 1. The molecule has 4 heterocycles. The van der Waals surface area contributed by atoms with Crippen molar-refractivity contribution in [3.8, 4) is 17.3 Å². The number of halogens is 3. The molecule has 12 heteroatoms. The lowest BCUT2D eigenvalue weighted by Crippen LogP contribution is -2.36. The quantitative estimate of drug-likeness (QED) is 0.217. The number of likely N-dealkylation sites (N-methyl/N-ethyl adjacent to an activating group) is 1. The maximum Gasteiger partial charge on any atom is 0.318 e. The van der Waals surface area contributed by atoms with Crippen molar-refractivity contribution in [1.82, 2.24) is 29.8 Å². The Morgan fingerprint density at radius 3 is 2.73 bits per heavy atom. The van der Waals surface area contributed by atoms with E-state index in [4.69, 9.17) is 16.3 Å². The fraction of sp³-hybridized carbons (Fsp3) is 0.250. The van der Waals surface area contributed by atoms with Gasteiger partial charge in [-0.3, -0.25) is 9.78 Å². The summed E-state index contributed by atoms with van der Waals surface area (Å²) < 4.78 is 36.0. The number of carbonyl (C=O) groups is 1. The van der Waals surface area contributed by atoms with Crippen LogP contribution >= 0.6 is 11.6 Å². The third-order valence-corrected chi connectivity index (χ3v) is 8.13. The van der Waals surface area contributed by atoms with E-state index in [9.17, 15) is 9.18 Å². The van der Waals surface area contributed by atoms with Crippen LogP contribution in [0.2, 0.25) is 5.02 Å². The third-order valence-electron chi connectivity index (χ3n) is 7.76. The molecule has 1 aliphatic rings. The fourth-order valence-corrected chi connectivity index (χ4v) is 5.87. The fourth-order valence-electron chi connectivity index (χ4n) is 5.60. The molecule has 44 heavy (non-hydrogen) atoms. The minimum absolute atomic E-state index is 0.00229. The van der Waals surface area contributed by atoms with Crippen LogP contribution in [0.3, 0.4) is 0 Å². The zero-order valence-corrected chi connectivity index (χ0v) is 25.2. The van der Waals surface area contributed by atoms with E-state index in [1.807, 2.05) is 31.9 Å².